The molecule has 10 heteroatoms. The Morgan fingerprint density at radius 2 is 1.77 bits per heavy atom. The molecule has 1 aliphatic heterocycles. The summed E-state index contributed by atoms with van der Waals surface area (Å²) in [4.78, 5) is 32.1. The molecular formula is C30H23ClI2N2O4S. The molecule has 0 saturated heterocycles. The number of halogens is 3. The molecule has 0 spiro atoms. The van der Waals surface area contributed by atoms with Crippen LogP contribution >= 0.6 is 68.1 Å². The zero-order valence-electron chi connectivity index (χ0n) is 21.5. The third kappa shape index (κ3) is 5.93. The molecule has 204 valence electrons. The molecule has 6 nitrogen and oxygen atoms in total. The monoisotopic (exact) mass is 796 g/mol. The van der Waals surface area contributed by atoms with E-state index < -0.39 is 12.0 Å². The minimum Gasteiger partial charge on any atom is -0.487 e. The second-order valence-corrected chi connectivity index (χ2v) is 12.7. The largest absolute Gasteiger partial charge is 0.487 e. The third-order valence-corrected chi connectivity index (χ3v) is 9.19. The average Bonchev–Trinajstić information content (AvgIpc) is 3.22. The van der Waals surface area contributed by atoms with Crippen LogP contribution in [0.25, 0.3) is 6.08 Å². The minimum absolute atomic E-state index is 0.206. The van der Waals surface area contributed by atoms with E-state index >= 15 is 0 Å². The van der Waals surface area contributed by atoms with Gasteiger partial charge in [0, 0.05) is 5.02 Å². The molecule has 0 radical (unpaired) electrons. The first-order chi connectivity index (χ1) is 19.3. The van der Waals surface area contributed by atoms with Gasteiger partial charge < -0.3 is 9.47 Å². The molecule has 1 aromatic heterocycles. The number of fused-ring (bicyclic) bond motifs is 1. The number of esters is 1. The molecule has 2 heterocycles. The third-order valence-electron chi connectivity index (χ3n) is 6.26. The van der Waals surface area contributed by atoms with Crippen molar-refractivity contribution in [2.75, 3.05) is 6.61 Å². The van der Waals surface area contributed by atoms with Gasteiger partial charge in [-0.3, -0.25) is 9.36 Å². The maximum Gasteiger partial charge on any atom is 0.338 e. The Hall–Kier alpha value is -2.48. The SMILES string of the molecule is CCOC(=O)C1=C(C)N=c2s/c(=C\c3cc(I)c(OCc4ccccc4)c(I)c3)c(=O)n2[C@@H]1c1ccccc1Cl. The van der Waals surface area contributed by atoms with Crippen molar-refractivity contribution in [3.8, 4) is 5.75 Å². The molecule has 1 aliphatic rings. The van der Waals surface area contributed by atoms with Crippen LogP contribution in [0, 0.1) is 7.14 Å². The highest BCUT2D eigenvalue weighted by Gasteiger charge is 2.34. The quantitative estimate of drug-likeness (QED) is 0.164. The van der Waals surface area contributed by atoms with Gasteiger partial charge in [-0.1, -0.05) is 71.5 Å². The summed E-state index contributed by atoms with van der Waals surface area (Å²) in [7, 11) is 0. The number of allylic oxidation sites excluding steroid dienone is 1. The first kappa shape index (κ1) is 29.0. The van der Waals surface area contributed by atoms with Gasteiger partial charge in [0.15, 0.2) is 4.80 Å². The van der Waals surface area contributed by atoms with Gasteiger partial charge in [0.25, 0.3) is 5.56 Å². The number of rotatable bonds is 7. The smallest absolute Gasteiger partial charge is 0.338 e. The summed E-state index contributed by atoms with van der Waals surface area (Å²) >= 11 is 12.4. The minimum atomic E-state index is -0.750. The summed E-state index contributed by atoms with van der Waals surface area (Å²) in [6.45, 7) is 4.17. The van der Waals surface area contributed by atoms with Gasteiger partial charge in [-0.15, -0.1) is 0 Å². The van der Waals surface area contributed by atoms with Crippen LogP contribution in [0.4, 0.5) is 0 Å². The molecule has 40 heavy (non-hydrogen) atoms. The van der Waals surface area contributed by atoms with Crippen LogP contribution in [0.2, 0.25) is 5.02 Å². The fourth-order valence-corrected chi connectivity index (χ4v) is 7.88. The van der Waals surface area contributed by atoms with Crippen LogP contribution in [-0.2, 0) is 16.1 Å². The molecule has 0 N–H and O–H groups in total. The van der Waals surface area contributed by atoms with Gasteiger partial charge in [-0.25, -0.2) is 9.79 Å². The molecule has 5 rings (SSSR count). The van der Waals surface area contributed by atoms with E-state index in [0.717, 1.165) is 24.0 Å². The van der Waals surface area contributed by atoms with Crippen LogP contribution in [0.5, 0.6) is 5.75 Å². The van der Waals surface area contributed by atoms with Crippen molar-refractivity contribution in [2.45, 2.75) is 26.5 Å². The van der Waals surface area contributed by atoms with Crippen LogP contribution in [-0.4, -0.2) is 17.1 Å². The summed E-state index contributed by atoms with van der Waals surface area (Å²) in [5.41, 5.74) is 3.14. The lowest BCUT2D eigenvalue weighted by atomic mass is 9.96. The van der Waals surface area contributed by atoms with Gasteiger partial charge in [0.1, 0.15) is 18.4 Å². The van der Waals surface area contributed by atoms with Gasteiger partial charge in [0.05, 0.1) is 29.5 Å². The van der Waals surface area contributed by atoms with E-state index in [1.807, 2.05) is 66.7 Å². The van der Waals surface area contributed by atoms with E-state index in [2.05, 4.69) is 50.2 Å². The molecule has 3 aromatic carbocycles. The topological polar surface area (TPSA) is 69.9 Å². The number of carbonyl (C=O) groups is 1. The molecule has 1 atom stereocenters. The zero-order valence-corrected chi connectivity index (χ0v) is 27.4. The summed E-state index contributed by atoms with van der Waals surface area (Å²) in [6, 6.07) is 20.4. The Kier molecular flexibility index (Phi) is 9.13. The zero-order chi connectivity index (χ0) is 28.4. The highest BCUT2D eigenvalue weighted by atomic mass is 127. The molecule has 0 saturated carbocycles. The first-order valence-electron chi connectivity index (χ1n) is 12.4. The van der Waals surface area contributed by atoms with Crippen molar-refractivity contribution < 1.29 is 14.3 Å². The van der Waals surface area contributed by atoms with E-state index in [4.69, 9.17) is 21.1 Å². The van der Waals surface area contributed by atoms with Crippen LogP contribution in [0.3, 0.4) is 0 Å². The first-order valence-corrected chi connectivity index (χ1v) is 15.7. The van der Waals surface area contributed by atoms with Gasteiger partial charge >= 0.3 is 5.97 Å². The van der Waals surface area contributed by atoms with Crippen molar-refractivity contribution in [3.05, 3.63) is 127 Å². The number of carbonyl (C=O) groups excluding carboxylic acids is 1. The van der Waals surface area contributed by atoms with Crippen molar-refractivity contribution in [1.82, 2.24) is 4.57 Å². The van der Waals surface area contributed by atoms with Gasteiger partial charge in [-0.05, 0) is 100.0 Å². The summed E-state index contributed by atoms with van der Waals surface area (Å²) in [6.07, 6.45) is 1.85. The Morgan fingerprint density at radius 1 is 1.10 bits per heavy atom. The van der Waals surface area contributed by atoms with Crippen molar-refractivity contribution in [1.29, 1.82) is 0 Å². The number of nitrogens with zero attached hydrogens (tertiary/aromatic N) is 2. The summed E-state index contributed by atoms with van der Waals surface area (Å²) in [5, 5.41) is 0.453. The number of ether oxygens (including phenoxy) is 2. The Bertz CT molecular complexity index is 1790. The highest BCUT2D eigenvalue weighted by molar-refractivity contribution is 14.1. The van der Waals surface area contributed by atoms with Crippen LogP contribution in [0.15, 0.2) is 87.8 Å². The molecule has 4 aromatic rings. The van der Waals surface area contributed by atoms with E-state index in [1.165, 1.54) is 11.3 Å². The maximum absolute atomic E-state index is 13.9. The lowest BCUT2D eigenvalue weighted by molar-refractivity contribution is -0.139. The lowest BCUT2D eigenvalue weighted by Gasteiger charge is -2.25. The predicted octanol–water partition coefficient (Wildman–Crippen LogP) is 6.24. The Balaban J connectivity index is 1.58. The number of hydrogen-bond acceptors (Lipinski definition) is 6. The van der Waals surface area contributed by atoms with Gasteiger partial charge in [0.2, 0.25) is 0 Å². The molecular weight excluding hydrogens is 774 g/mol. The second kappa shape index (κ2) is 12.6. The standard InChI is InChI=1S/C30H23ClI2N2O4S/c1-3-38-29(37)25-17(2)34-30-35(26(25)20-11-7-8-12-21(20)31)28(36)24(40-30)15-19-13-22(32)27(23(33)14-19)39-16-18-9-5-4-6-10-18/h4-15,26H,3,16H2,1-2H3/b24-15-/t26-/m1/s1. The number of aromatic nitrogens is 1. The average molecular weight is 797 g/mol. The normalized spacial score (nSPS) is 15.0. The molecule has 0 fully saturated rings. The van der Waals surface area contributed by atoms with Crippen LogP contribution < -0.4 is 19.6 Å². The molecule has 0 amide bonds. The predicted molar refractivity (Wildman–Crippen MR) is 175 cm³/mol. The summed E-state index contributed by atoms with van der Waals surface area (Å²) in [5.74, 6) is 0.287. The number of hydrogen-bond donors (Lipinski definition) is 0. The molecule has 0 unspecified atom stereocenters. The van der Waals surface area contributed by atoms with E-state index in [-0.39, 0.29) is 12.2 Å². The molecule has 0 aliphatic carbocycles. The molecule has 0 bridgehead atoms. The summed E-state index contributed by atoms with van der Waals surface area (Å²) < 4.78 is 15.4. The van der Waals surface area contributed by atoms with Crippen LogP contribution in [0.1, 0.15) is 36.6 Å². The fourth-order valence-electron chi connectivity index (χ4n) is 4.46. The fraction of sp³-hybridized carbons (Fsp3) is 0.167. The van der Waals surface area contributed by atoms with Crippen molar-refractivity contribution in [2.24, 2.45) is 4.99 Å². The van der Waals surface area contributed by atoms with E-state index in [1.54, 1.807) is 24.5 Å². The number of thiazole rings is 1. The van der Waals surface area contributed by atoms with Crippen molar-refractivity contribution >= 4 is 80.2 Å². The Morgan fingerprint density at radius 3 is 2.45 bits per heavy atom. The second-order valence-electron chi connectivity index (χ2n) is 8.91. The number of benzene rings is 3. The van der Waals surface area contributed by atoms with Crippen molar-refractivity contribution in [3.63, 3.8) is 0 Å². The van der Waals surface area contributed by atoms with Gasteiger partial charge in [-0.2, -0.15) is 0 Å². The maximum atomic E-state index is 13.9. The Labute approximate surface area is 267 Å². The van der Waals surface area contributed by atoms with E-state index in [0.29, 0.717) is 37.8 Å². The lowest BCUT2D eigenvalue weighted by Crippen LogP contribution is -2.40. The van der Waals surface area contributed by atoms with E-state index in [9.17, 15) is 9.59 Å². The highest BCUT2D eigenvalue weighted by Crippen LogP contribution is 2.34.